The molecule has 0 spiro atoms. The van der Waals surface area contributed by atoms with E-state index in [2.05, 4.69) is 143 Å². The van der Waals surface area contributed by atoms with E-state index in [1.807, 2.05) is 48.5 Å². The first-order valence-corrected chi connectivity index (χ1v) is 22.0. The van der Waals surface area contributed by atoms with E-state index in [1.54, 1.807) is 15.9 Å². The largest absolute Gasteiger partial charge is 0.308 e. The van der Waals surface area contributed by atoms with Gasteiger partial charge < -0.3 is 4.57 Å². The highest BCUT2D eigenvalue weighted by Gasteiger charge is 2.25. The fraction of sp³-hybridized carbons (Fsp3) is 0. The summed E-state index contributed by atoms with van der Waals surface area (Å²) in [5, 5.41) is 7.80. The van der Waals surface area contributed by atoms with E-state index in [4.69, 9.17) is 17.7 Å². The van der Waals surface area contributed by atoms with Crippen molar-refractivity contribution in [1.29, 1.82) is 0 Å². The summed E-state index contributed by atoms with van der Waals surface area (Å²) in [6, 6.07) is 61.7. The van der Waals surface area contributed by atoms with Crippen LogP contribution in [0, 0.1) is 0 Å². The quantitative estimate of drug-likeness (QED) is 0.173. The lowest BCUT2D eigenvalue weighted by atomic mass is 9.96. The fourth-order valence-corrected chi connectivity index (χ4v) is 11.1. The predicted molar refractivity (Wildman–Crippen MR) is 267 cm³/mol. The number of benzene rings is 9. The second-order valence-corrected chi connectivity index (χ2v) is 17.2. The number of aromatic nitrogens is 6. The molecule has 0 aliphatic heterocycles. The van der Waals surface area contributed by atoms with Crippen molar-refractivity contribution in [2.24, 2.45) is 0 Å². The molecule has 0 unspecified atom stereocenters. The maximum absolute atomic E-state index is 9.42. The zero-order valence-corrected chi connectivity index (χ0v) is 34.7. The van der Waals surface area contributed by atoms with Crippen LogP contribution in [0.1, 0.15) is 5.48 Å². The van der Waals surface area contributed by atoms with Crippen LogP contribution in [-0.4, -0.2) is 28.7 Å². The summed E-state index contributed by atoms with van der Waals surface area (Å²) in [5.74, 6) is 0.964. The number of thiophene rings is 1. The van der Waals surface area contributed by atoms with E-state index in [9.17, 15) is 2.74 Å². The standard InChI is InChI=1S/C57H34N6S/c1-8-24-45-37(16-1)38-17-2-9-25-46(38)61(45)51-30-15-23-36(35-32-33-44-43-22-7-14-31-52(43)64-53(44)34-35)54(51)55-58-56(62-47-26-10-3-18-39(47)40-19-4-11-27-48(40)62)60-57(59-55)63-49-28-12-5-20-41(49)42-21-6-13-29-50(42)63/h1-34H/i3D,10D,18D,26D. The van der Waals surface area contributed by atoms with E-state index in [-0.39, 0.29) is 35.6 Å². The van der Waals surface area contributed by atoms with Gasteiger partial charge in [-0.05, 0) is 65.7 Å². The Kier molecular flexibility index (Phi) is 6.66. The van der Waals surface area contributed by atoms with Crippen molar-refractivity contribution in [2.45, 2.75) is 0 Å². The Morgan fingerprint density at radius 2 is 0.859 bits per heavy atom. The molecule has 0 fully saturated rings. The SMILES string of the molecule is [2H]c1c([2H])c([2H])c2c(c1[2H])c1ccccc1n2-c1nc(-c2c(-c3ccc4c(c3)sc3ccccc34)cccc2-n2c3ccccc3c3ccccc32)nc(-n2c3ccccc3c3ccccc32)n1. The van der Waals surface area contributed by atoms with Crippen molar-refractivity contribution in [2.75, 3.05) is 0 Å². The highest BCUT2D eigenvalue weighted by atomic mass is 32.1. The molecule has 0 saturated heterocycles. The third kappa shape index (κ3) is 5.04. The summed E-state index contributed by atoms with van der Waals surface area (Å²) in [6.45, 7) is 0. The molecule has 0 aliphatic carbocycles. The van der Waals surface area contributed by atoms with E-state index in [0.717, 1.165) is 66.0 Å². The number of rotatable bonds is 5. The van der Waals surface area contributed by atoms with Gasteiger partial charge >= 0.3 is 0 Å². The zero-order chi connectivity index (χ0) is 45.4. The van der Waals surface area contributed by atoms with Crippen LogP contribution in [0.15, 0.2) is 206 Å². The Labute approximate surface area is 375 Å². The minimum atomic E-state index is -0.334. The van der Waals surface area contributed by atoms with Gasteiger partial charge in [-0.1, -0.05) is 152 Å². The van der Waals surface area contributed by atoms with Gasteiger partial charge in [0.15, 0.2) is 5.82 Å². The van der Waals surface area contributed by atoms with Crippen LogP contribution >= 0.6 is 11.3 Å². The van der Waals surface area contributed by atoms with Crippen LogP contribution in [0.25, 0.3) is 126 Å². The molecule has 298 valence electrons. The number of nitrogens with zero attached hydrogens (tertiary/aromatic N) is 6. The summed E-state index contributed by atoms with van der Waals surface area (Å²) in [7, 11) is 0. The molecular formula is C57H34N6S. The second-order valence-electron chi connectivity index (χ2n) is 16.1. The number of fused-ring (bicyclic) bond motifs is 12. The van der Waals surface area contributed by atoms with E-state index in [1.165, 1.54) is 20.2 Å². The van der Waals surface area contributed by atoms with E-state index in [0.29, 0.717) is 28.1 Å². The Balaban J connectivity index is 1.16. The highest BCUT2D eigenvalue weighted by Crippen LogP contribution is 2.44. The third-order valence-corrected chi connectivity index (χ3v) is 13.8. The normalized spacial score (nSPS) is 12.9. The van der Waals surface area contributed by atoms with Crippen molar-refractivity contribution >= 4 is 96.9 Å². The maximum Gasteiger partial charge on any atom is 0.240 e. The lowest BCUT2D eigenvalue weighted by Gasteiger charge is -2.19. The minimum Gasteiger partial charge on any atom is -0.308 e. The molecule has 64 heavy (non-hydrogen) atoms. The van der Waals surface area contributed by atoms with Crippen molar-refractivity contribution < 1.29 is 5.48 Å². The zero-order valence-electron chi connectivity index (χ0n) is 37.9. The Morgan fingerprint density at radius 3 is 1.47 bits per heavy atom. The molecule has 7 heteroatoms. The number of para-hydroxylation sites is 6. The first-order valence-electron chi connectivity index (χ1n) is 23.2. The molecule has 9 aromatic carbocycles. The molecule has 5 aromatic heterocycles. The first-order chi connectivity index (χ1) is 33.4. The average Bonchev–Trinajstić information content (AvgIpc) is 4.13. The van der Waals surface area contributed by atoms with Gasteiger partial charge in [-0.3, -0.25) is 9.13 Å². The summed E-state index contributed by atoms with van der Waals surface area (Å²) in [5.41, 5.74) is 8.35. The van der Waals surface area contributed by atoms with E-state index < -0.39 is 0 Å². The fourth-order valence-electron chi connectivity index (χ4n) is 9.96. The predicted octanol–water partition coefficient (Wildman–Crippen LogP) is 14.9. The first kappa shape index (κ1) is 31.5. The van der Waals surface area contributed by atoms with Crippen LogP contribution < -0.4 is 0 Å². The van der Waals surface area contributed by atoms with Crippen LogP contribution in [0.3, 0.4) is 0 Å². The summed E-state index contributed by atoms with van der Waals surface area (Å²) in [6.07, 6.45) is 0. The Hall–Kier alpha value is -8.39. The smallest absolute Gasteiger partial charge is 0.240 e. The van der Waals surface area contributed by atoms with Crippen LogP contribution in [0.4, 0.5) is 0 Å². The van der Waals surface area contributed by atoms with Crippen LogP contribution in [-0.2, 0) is 0 Å². The lowest BCUT2D eigenvalue weighted by molar-refractivity contribution is 0.892. The van der Waals surface area contributed by atoms with Gasteiger partial charge in [0.05, 0.1) is 49.8 Å². The van der Waals surface area contributed by atoms with Crippen molar-refractivity contribution in [1.82, 2.24) is 28.7 Å². The number of hydrogen-bond acceptors (Lipinski definition) is 4. The van der Waals surface area contributed by atoms with Gasteiger partial charge in [0, 0.05) is 52.5 Å². The average molecular weight is 839 g/mol. The molecule has 0 bridgehead atoms. The maximum atomic E-state index is 9.42. The molecule has 0 aliphatic rings. The molecule has 0 amide bonds. The molecule has 0 radical (unpaired) electrons. The molecule has 5 heterocycles. The van der Waals surface area contributed by atoms with Crippen LogP contribution in [0.2, 0.25) is 0 Å². The second kappa shape index (κ2) is 13.6. The van der Waals surface area contributed by atoms with Crippen LogP contribution in [0.5, 0.6) is 0 Å². The summed E-state index contributed by atoms with van der Waals surface area (Å²) >= 11 is 1.77. The highest BCUT2D eigenvalue weighted by molar-refractivity contribution is 7.25. The lowest BCUT2D eigenvalue weighted by Crippen LogP contribution is -2.11. The molecule has 0 saturated carbocycles. The molecule has 14 rings (SSSR count). The van der Waals surface area contributed by atoms with Gasteiger partial charge in [0.1, 0.15) is 0 Å². The monoisotopic (exact) mass is 838 g/mol. The molecular weight excluding hydrogens is 801 g/mol. The van der Waals surface area contributed by atoms with E-state index >= 15 is 0 Å². The summed E-state index contributed by atoms with van der Waals surface area (Å²) in [4.78, 5) is 16.5. The third-order valence-electron chi connectivity index (χ3n) is 12.7. The topological polar surface area (TPSA) is 53.5 Å². The molecule has 6 nitrogen and oxygen atoms in total. The van der Waals surface area contributed by atoms with Gasteiger partial charge in [-0.25, -0.2) is 0 Å². The van der Waals surface area contributed by atoms with Gasteiger partial charge in [-0.15, -0.1) is 11.3 Å². The molecule has 14 aromatic rings. The molecule has 0 N–H and O–H groups in total. The Bertz CT molecular complexity index is 4360. The molecule has 0 atom stereocenters. The number of hydrogen-bond donors (Lipinski definition) is 0. The van der Waals surface area contributed by atoms with Crippen molar-refractivity contribution in [3.05, 3.63) is 206 Å². The minimum absolute atomic E-state index is 0.122. The Morgan fingerprint density at radius 1 is 0.375 bits per heavy atom. The summed E-state index contributed by atoms with van der Waals surface area (Å²) < 4.78 is 44.8. The van der Waals surface area contributed by atoms with Gasteiger partial charge in [-0.2, -0.15) is 15.0 Å². The van der Waals surface area contributed by atoms with Crippen molar-refractivity contribution in [3.8, 4) is 40.1 Å². The van der Waals surface area contributed by atoms with Crippen molar-refractivity contribution in [3.63, 3.8) is 0 Å². The van der Waals surface area contributed by atoms with Gasteiger partial charge in [0.25, 0.3) is 0 Å². The van der Waals surface area contributed by atoms with Gasteiger partial charge in [0.2, 0.25) is 11.9 Å².